The number of hydrogen-bond acceptors (Lipinski definition) is 5. The summed E-state index contributed by atoms with van der Waals surface area (Å²) in [6, 6.07) is 13.7. The zero-order valence-electron chi connectivity index (χ0n) is 17.0. The zero-order chi connectivity index (χ0) is 20.2. The molecule has 1 atom stereocenters. The fourth-order valence-corrected chi connectivity index (χ4v) is 3.80. The zero-order valence-corrected chi connectivity index (χ0v) is 17.0. The maximum Gasteiger partial charge on any atom is 0.319 e. The average molecular weight is 396 g/mol. The average Bonchev–Trinajstić information content (AvgIpc) is 3.17. The van der Waals surface area contributed by atoms with Crippen molar-refractivity contribution in [2.45, 2.75) is 13.0 Å². The molecule has 2 amide bonds. The molecule has 0 aromatic heterocycles. The number of ether oxygens (including phenoxy) is 2. The number of carbonyl (C=O) groups is 1. The van der Waals surface area contributed by atoms with Crippen molar-refractivity contribution < 1.29 is 14.3 Å². The van der Waals surface area contributed by atoms with Crippen LogP contribution < -0.4 is 20.1 Å². The van der Waals surface area contributed by atoms with Crippen LogP contribution in [0.2, 0.25) is 0 Å². The van der Waals surface area contributed by atoms with Crippen LogP contribution in [0.15, 0.2) is 42.5 Å². The number of nitrogens with one attached hydrogen (secondary N) is 2. The van der Waals surface area contributed by atoms with Gasteiger partial charge in [-0.3, -0.25) is 4.90 Å². The van der Waals surface area contributed by atoms with Crippen LogP contribution in [0.3, 0.4) is 0 Å². The summed E-state index contributed by atoms with van der Waals surface area (Å²) >= 11 is 0. The number of amides is 2. The molecular formula is C22H28N4O3. The highest BCUT2D eigenvalue weighted by Gasteiger charge is 2.26. The number of hydrogen-bond donors (Lipinski definition) is 2. The van der Waals surface area contributed by atoms with Gasteiger partial charge in [0.2, 0.25) is 6.79 Å². The normalized spacial score (nSPS) is 17.7. The van der Waals surface area contributed by atoms with Gasteiger partial charge in [-0.15, -0.1) is 0 Å². The molecule has 2 aliphatic heterocycles. The number of benzene rings is 2. The summed E-state index contributed by atoms with van der Waals surface area (Å²) in [6.45, 7) is 6.71. The van der Waals surface area contributed by atoms with Gasteiger partial charge in [0.15, 0.2) is 11.5 Å². The molecule has 7 heteroatoms. The minimum atomic E-state index is -0.199. The highest BCUT2D eigenvalue weighted by Crippen LogP contribution is 2.35. The third kappa shape index (κ3) is 4.81. The number of rotatable bonds is 5. The Bertz CT molecular complexity index is 865. The summed E-state index contributed by atoms with van der Waals surface area (Å²) in [5, 5.41) is 5.97. The Labute approximate surface area is 171 Å². The van der Waals surface area contributed by atoms with Crippen LogP contribution in [0.5, 0.6) is 11.5 Å². The van der Waals surface area contributed by atoms with E-state index in [9.17, 15) is 4.79 Å². The lowest BCUT2D eigenvalue weighted by atomic mass is 10.0. The van der Waals surface area contributed by atoms with Crippen LogP contribution in [0, 0.1) is 6.92 Å². The lowest BCUT2D eigenvalue weighted by molar-refractivity contribution is 0.111. The topological polar surface area (TPSA) is 66.1 Å². The van der Waals surface area contributed by atoms with Crippen molar-refractivity contribution in [1.82, 2.24) is 15.1 Å². The second-order valence-electron chi connectivity index (χ2n) is 7.67. The van der Waals surface area contributed by atoms with E-state index in [-0.39, 0.29) is 18.9 Å². The number of carbonyl (C=O) groups excluding carboxylic acids is 1. The molecule has 0 spiro atoms. The lowest BCUT2D eigenvalue weighted by Gasteiger charge is -2.38. The van der Waals surface area contributed by atoms with E-state index in [1.807, 2.05) is 43.3 Å². The molecule has 4 rings (SSSR count). The van der Waals surface area contributed by atoms with Crippen molar-refractivity contribution in [3.63, 3.8) is 0 Å². The molecule has 0 radical (unpaired) electrons. The molecule has 154 valence electrons. The lowest BCUT2D eigenvalue weighted by Crippen LogP contribution is -2.48. The standard InChI is InChI=1S/C22H28N4O3/c1-16-4-3-5-18(12-16)24-22(27)23-14-19(26-10-8-25(2)9-11-26)17-6-7-20-21(13-17)29-15-28-20/h3-7,12-13,19H,8-11,14-15H2,1-2H3,(H2,23,24,27)/t19-/m1/s1. The molecule has 29 heavy (non-hydrogen) atoms. The molecule has 0 aliphatic carbocycles. The number of anilines is 1. The summed E-state index contributed by atoms with van der Waals surface area (Å²) < 4.78 is 11.0. The molecule has 7 nitrogen and oxygen atoms in total. The van der Waals surface area contributed by atoms with Crippen LogP contribution in [-0.2, 0) is 0 Å². The summed E-state index contributed by atoms with van der Waals surface area (Å²) in [7, 11) is 2.14. The van der Waals surface area contributed by atoms with E-state index in [0.29, 0.717) is 6.54 Å². The van der Waals surface area contributed by atoms with Gasteiger partial charge in [-0.05, 0) is 49.4 Å². The maximum absolute atomic E-state index is 12.5. The second-order valence-corrected chi connectivity index (χ2v) is 7.67. The Morgan fingerprint density at radius 2 is 1.86 bits per heavy atom. The van der Waals surface area contributed by atoms with Crippen LogP contribution in [0.1, 0.15) is 17.2 Å². The van der Waals surface area contributed by atoms with Gasteiger partial charge in [0.25, 0.3) is 0 Å². The Balaban J connectivity index is 1.46. The van der Waals surface area contributed by atoms with Crippen molar-refractivity contribution >= 4 is 11.7 Å². The van der Waals surface area contributed by atoms with E-state index < -0.39 is 0 Å². The molecule has 0 bridgehead atoms. The van der Waals surface area contributed by atoms with E-state index >= 15 is 0 Å². The molecule has 1 fully saturated rings. The number of fused-ring (bicyclic) bond motifs is 1. The maximum atomic E-state index is 12.5. The smallest absolute Gasteiger partial charge is 0.319 e. The first kappa shape index (κ1) is 19.5. The number of nitrogens with zero attached hydrogens (tertiary/aromatic N) is 2. The monoisotopic (exact) mass is 396 g/mol. The molecule has 2 aliphatic rings. The number of urea groups is 1. The molecule has 2 N–H and O–H groups in total. The van der Waals surface area contributed by atoms with E-state index in [1.54, 1.807) is 0 Å². The molecule has 0 saturated carbocycles. The van der Waals surface area contributed by atoms with Gasteiger partial charge in [0.1, 0.15) is 0 Å². The van der Waals surface area contributed by atoms with E-state index in [1.165, 1.54) is 0 Å². The van der Waals surface area contributed by atoms with Crippen molar-refractivity contribution in [3.8, 4) is 11.5 Å². The van der Waals surface area contributed by atoms with Gasteiger partial charge in [-0.2, -0.15) is 0 Å². The molecule has 2 aromatic carbocycles. The minimum Gasteiger partial charge on any atom is -0.454 e. The first-order valence-corrected chi connectivity index (χ1v) is 10.0. The third-order valence-corrected chi connectivity index (χ3v) is 5.49. The molecule has 1 saturated heterocycles. The predicted molar refractivity (Wildman–Crippen MR) is 113 cm³/mol. The Hall–Kier alpha value is -2.77. The van der Waals surface area contributed by atoms with Crippen molar-refractivity contribution in [2.75, 3.05) is 51.9 Å². The van der Waals surface area contributed by atoms with E-state index in [0.717, 1.165) is 54.5 Å². The predicted octanol–water partition coefficient (Wildman–Crippen LogP) is 2.83. The van der Waals surface area contributed by atoms with Crippen LogP contribution in [-0.4, -0.2) is 62.4 Å². The molecule has 0 unspecified atom stereocenters. The molecular weight excluding hydrogens is 368 g/mol. The van der Waals surface area contributed by atoms with E-state index in [4.69, 9.17) is 9.47 Å². The highest BCUT2D eigenvalue weighted by molar-refractivity contribution is 5.89. The fraction of sp³-hybridized carbons (Fsp3) is 0.409. The first-order chi connectivity index (χ1) is 14.1. The SMILES string of the molecule is Cc1cccc(NC(=O)NC[C@H](c2ccc3c(c2)OCO3)N2CCN(C)CC2)c1. The summed E-state index contributed by atoms with van der Waals surface area (Å²) in [4.78, 5) is 17.2. The first-order valence-electron chi connectivity index (χ1n) is 10.0. The summed E-state index contributed by atoms with van der Waals surface area (Å²) in [5.41, 5.74) is 3.02. The number of aryl methyl sites for hydroxylation is 1. The van der Waals surface area contributed by atoms with Gasteiger partial charge >= 0.3 is 6.03 Å². The Morgan fingerprint density at radius 3 is 2.66 bits per heavy atom. The van der Waals surface area contributed by atoms with Crippen LogP contribution in [0.4, 0.5) is 10.5 Å². The molecule has 2 heterocycles. The van der Waals surface area contributed by atoms with Gasteiger partial charge in [-0.1, -0.05) is 18.2 Å². The third-order valence-electron chi connectivity index (χ3n) is 5.49. The van der Waals surface area contributed by atoms with Crippen molar-refractivity contribution in [3.05, 3.63) is 53.6 Å². The van der Waals surface area contributed by atoms with Gasteiger partial charge < -0.3 is 25.0 Å². The molecule has 2 aromatic rings. The van der Waals surface area contributed by atoms with Gasteiger partial charge in [0, 0.05) is 38.4 Å². The Morgan fingerprint density at radius 1 is 1.07 bits per heavy atom. The van der Waals surface area contributed by atoms with Gasteiger partial charge in [-0.25, -0.2) is 4.79 Å². The van der Waals surface area contributed by atoms with Crippen LogP contribution >= 0.6 is 0 Å². The van der Waals surface area contributed by atoms with Gasteiger partial charge in [0.05, 0.1) is 6.04 Å². The fourth-order valence-electron chi connectivity index (χ4n) is 3.80. The summed E-state index contributed by atoms with van der Waals surface area (Å²) in [5.74, 6) is 1.54. The summed E-state index contributed by atoms with van der Waals surface area (Å²) in [6.07, 6.45) is 0. The number of likely N-dealkylation sites (N-methyl/N-ethyl adjacent to an activating group) is 1. The van der Waals surface area contributed by atoms with E-state index in [2.05, 4.69) is 33.5 Å². The Kier molecular flexibility index (Phi) is 5.87. The van der Waals surface area contributed by atoms with Crippen LogP contribution in [0.25, 0.3) is 0 Å². The minimum absolute atomic E-state index is 0.0708. The quantitative estimate of drug-likeness (QED) is 0.814. The van der Waals surface area contributed by atoms with Crippen molar-refractivity contribution in [1.29, 1.82) is 0 Å². The second kappa shape index (κ2) is 8.71. The highest BCUT2D eigenvalue weighted by atomic mass is 16.7. The number of piperazine rings is 1. The largest absolute Gasteiger partial charge is 0.454 e. The van der Waals surface area contributed by atoms with Crippen molar-refractivity contribution in [2.24, 2.45) is 0 Å².